The number of nitriles is 1. The summed E-state index contributed by atoms with van der Waals surface area (Å²) in [5.74, 6) is -0.394. The van der Waals surface area contributed by atoms with Crippen molar-refractivity contribution in [1.29, 1.82) is 5.26 Å². The van der Waals surface area contributed by atoms with Crippen molar-refractivity contribution >= 4 is 21.6 Å². The maximum Gasteiger partial charge on any atom is 0.137 e. The molecular formula is C8H6BrFN2. The summed E-state index contributed by atoms with van der Waals surface area (Å²) in [7, 11) is 0. The highest BCUT2D eigenvalue weighted by molar-refractivity contribution is 9.10. The molecule has 2 N–H and O–H groups in total. The number of hydrogen-bond donors (Lipinski definition) is 1. The molecule has 0 saturated carbocycles. The van der Waals surface area contributed by atoms with E-state index in [0.29, 0.717) is 11.3 Å². The molecule has 4 heteroatoms. The Morgan fingerprint density at radius 1 is 1.58 bits per heavy atom. The van der Waals surface area contributed by atoms with Crippen molar-refractivity contribution in [1.82, 2.24) is 0 Å². The molecule has 0 radical (unpaired) electrons. The van der Waals surface area contributed by atoms with Gasteiger partial charge in [-0.05, 0) is 28.1 Å². The minimum Gasteiger partial charge on any atom is -0.398 e. The maximum atomic E-state index is 12.9. The van der Waals surface area contributed by atoms with E-state index < -0.39 is 5.82 Å². The first kappa shape index (κ1) is 9.01. The van der Waals surface area contributed by atoms with Crippen LogP contribution in [0, 0.1) is 17.1 Å². The summed E-state index contributed by atoms with van der Waals surface area (Å²) in [5.41, 5.74) is 6.48. The van der Waals surface area contributed by atoms with Crippen molar-refractivity contribution in [2.24, 2.45) is 0 Å². The zero-order valence-corrected chi connectivity index (χ0v) is 7.73. The molecule has 0 amide bonds. The second kappa shape index (κ2) is 3.55. The Labute approximate surface area is 77.9 Å². The summed E-state index contributed by atoms with van der Waals surface area (Å²) >= 11 is 3.03. The number of anilines is 1. The first-order valence-corrected chi connectivity index (χ1v) is 4.05. The minimum atomic E-state index is -0.394. The van der Waals surface area contributed by atoms with Crippen molar-refractivity contribution in [2.75, 3.05) is 5.73 Å². The Morgan fingerprint density at radius 3 is 2.83 bits per heavy atom. The first-order chi connectivity index (χ1) is 5.66. The lowest BCUT2D eigenvalue weighted by atomic mass is 10.1. The largest absolute Gasteiger partial charge is 0.398 e. The van der Waals surface area contributed by atoms with Gasteiger partial charge in [0.15, 0.2) is 0 Å². The van der Waals surface area contributed by atoms with Gasteiger partial charge in [0, 0.05) is 11.3 Å². The van der Waals surface area contributed by atoms with Gasteiger partial charge in [0.05, 0.1) is 17.0 Å². The summed E-state index contributed by atoms with van der Waals surface area (Å²) < 4.78 is 13.2. The number of rotatable bonds is 1. The average Bonchev–Trinajstić information content (AvgIpc) is 2.06. The molecule has 2 nitrogen and oxygen atoms in total. The second-order valence-corrected chi connectivity index (χ2v) is 3.06. The third-order valence-corrected chi connectivity index (χ3v) is 2.35. The number of nitrogens with zero attached hydrogens (tertiary/aromatic N) is 1. The highest BCUT2D eigenvalue weighted by Gasteiger charge is 2.08. The SMILES string of the molecule is N#CCc1c(N)ccc(F)c1Br. The van der Waals surface area contributed by atoms with Gasteiger partial charge in [-0.15, -0.1) is 0 Å². The molecule has 0 saturated heterocycles. The predicted molar refractivity (Wildman–Crippen MR) is 47.8 cm³/mol. The van der Waals surface area contributed by atoms with Crippen molar-refractivity contribution in [3.63, 3.8) is 0 Å². The van der Waals surface area contributed by atoms with Crippen LogP contribution in [0.25, 0.3) is 0 Å². The summed E-state index contributed by atoms with van der Waals surface area (Å²) in [4.78, 5) is 0. The van der Waals surface area contributed by atoms with Crippen molar-refractivity contribution in [3.05, 3.63) is 28.0 Å². The molecule has 0 aliphatic rings. The van der Waals surface area contributed by atoms with Crippen LogP contribution in [0.1, 0.15) is 5.56 Å². The lowest BCUT2D eigenvalue weighted by Gasteiger charge is -2.04. The van der Waals surface area contributed by atoms with E-state index in [2.05, 4.69) is 15.9 Å². The molecule has 12 heavy (non-hydrogen) atoms. The number of nitrogens with two attached hydrogens (primary N) is 1. The highest BCUT2D eigenvalue weighted by atomic mass is 79.9. The summed E-state index contributed by atoms with van der Waals surface area (Å²) in [6.07, 6.45) is 0.115. The third-order valence-electron chi connectivity index (χ3n) is 1.49. The van der Waals surface area contributed by atoms with Crippen LogP contribution in [0.3, 0.4) is 0 Å². The number of hydrogen-bond acceptors (Lipinski definition) is 2. The topological polar surface area (TPSA) is 49.8 Å². The average molecular weight is 229 g/mol. The quantitative estimate of drug-likeness (QED) is 0.750. The molecule has 0 aromatic heterocycles. The third kappa shape index (κ3) is 1.56. The fraction of sp³-hybridized carbons (Fsp3) is 0.125. The Hall–Kier alpha value is -1.08. The number of benzene rings is 1. The van der Waals surface area contributed by atoms with Gasteiger partial charge in [-0.3, -0.25) is 0 Å². The standard InChI is InChI=1S/C8H6BrFN2/c9-8-5(3-4-11)7(12)2-1-6(8)10/h1-2H,3,12H2. The Bertz CT molecular complexity index is 344. The molecule has 0 atom stereocenters. The van der Waals surface area contributed by atoms with Gasteiger partial charge in [-0.1, -0.05) is 0 Å². The zero-order chi connectivity index (χ0) is 9.14. The van der Waals surface area contributed by atoms with Gasteiger partial charge in [-0.25, -0.2) is 4.39 Å². The molecule has 0 aliphatic carbocycles. The zero-order valence-electron chi connectivity index (χ0n) is 6.14. The van der Waals surface area contributed by atoms with Gasteiger partial charge < -0.3 is 5.73 Å². The van der Waals surface area contributed by atoms with E-state index in [1.165, 1.54) is 12.1 Å². The normalized spacial score (nSPS) is 9.42. The lowest BCUT2D eigenvalue weighted by molar-refractivity contribution is 0.619. The number of nitrogen functional groups attached to an aromatic ring is 1. The van der Waals surface area contributed by atoms with Gasteiger partial charge in [-0.2, -0.15) is 5.26 Å². The van der Waals surface area contributed by atoms with Crippen molar-refractivity contribution < 1.29 is 4.39 Å². The predicted octanol–water partition coefficient (Wildman–Crippen LogP) is 2.24. The van der Waals surface area contributed by atoms with Crippen molar-refractivity contribution in [3.8, 4) is 6.07 Å². The lowest BCUT2D eigenvalue weighted by Crippen LogP contribution is -1.96. The maximum absolute atomic E-state index is 12.9. The van der Waals surface area contributed by atoms with Crippen LogP contribution in [-0.4, -0.2) is 0 Å². The number of halogens is 2. The van der Waals surface area contributed by atoms with E-state index >= 15 is 0 Å². The van der Waals surface area contributed by atoms with Crippen LogP contribution in [0.4, 0.5) is 10.1 Å². The fourth-order valence-corrected chi connectivity index (χ4v) is 1.37. The van der Waals surface area contributed by atoms with E-state index in [1.54, 1.807) is 0 Å². The highest BCUT2D eigenvalue weighted by Crippen LogP contribution is 2.25. The molecule has 1 aromatic rings. The summed E-state index contributed by atoms with van der Waals surface area (Å²) in [6, 6.07) is 4.63. The van der Waals surface area contributed by atoms with E-state index in [1.807, 2.05) is 6.07 Å². The molecule has 0 spiro atoms. The molecule has 1 rings (SSSR count). The van der Waals surface area contributed by atoms with Gasteiger partial charge in [0.1, 0.15) is 5.82 Å². The van der Waals surface area contributed by atoms with Gasteiger partial charge in [0.2, 0.25) is 0 Å². The summed E-state index contributed by atoms with van der Waals surface area (Å²) in [6.45, 7) is 0. The van der Waals surface area contributed by atoms with Gasteiger partial charge >= 0.3 is 0 Å². The monoisotopic (exact) mass is 228 g/mol. The molecule has 0 heterocycles. The Kier molecular flexibility index (Phi) is 2.66. The van der Waals surface area contributed by atoms with Crippen LogP contribution in [0.15, 0.2) is 16.6 Å². The van der Waals surface area contributed by atoms with Crippen LogP contribution >= 0.6 is 15.9 Å². The Balaban J connectivity index is 3.25. The second-order valence-electron chi connectivity index (χ2n) is 2.26. The van der Waals surface area contributed by atoms with E-state index in [-0.39, 0.29) is 10.9 Å². The van der Waals surface area contributed by atoms with E-state index in [4.69, 9.17) is 11.0 Å². The van der Waals surface area contributed by atoms with E-state index in [0.717, 1.165) is 0 Å². The molecule has 0 bridgehead atoms. The van der Waals surface area contributed by atoms with Crippen LogP contribution < -0.4 is 5.73 Å². The fourth-order valence-electron chi connectivity index (χ4n) is 0.866. The van der Waals surface area contributed by atoms with E-state index in [9.17, 15) is 4.39 Å². The summed E-state index contributed by atoms with van der Waals surface area (Å²) in [5, 5.41) is 8.41. The molecule has 62 valence electrons. The molecule has 0 fully saturated rings. The van der Waals surface area contributed by atoms with Crippen LogP contribution in [0.5, 0.6) is 0 Å². The molecule has 0 unspecified atom stereocenters. The Morgan fingerprint density at radius 2 is 2.25 bits per heavy atom. The minimum absolute atomic E-state index is 0.115. The van der Waals surface area contributed by atoms with Crippen LogP contribution in [0.2, 0.25) is 0 Å². The van der Waals surface area contributed by atoms with Crippen molar-refractivity contribution in [2.45, 2.75) is 6.42 Å². The molecular weight excluding hydrogens is 223 g/mol. The molecule has 1 aromatic carbocycles. The molecule has 0 aliphatic heterocycles. The van der Waals surface area contributed by atoms with Gasteiger partial charge in [0.25, 0.3) is 0 Å². The first-order valence-electron chi connectivity index (χ1n) is 3.26. The smallest absolute Gasteiger partial charge is 0.137 e. The van der Waals surface area contributed by atoms with Crippen LogP contribution in [-0.2, 0) is 6.42 Å².